The quantitative estimate of drug-likeness (QED) is 0.183. The van der Waals surface area contributed by atoms with Crippen LogP contribution in [-0.2, 0) is 33.2 Å². The zero-order valence-corrected chi connectivity index (χ0v) is 26.6. The van der Waals surface area contributed by atoms with Crippen molar-refractivity contribution in [1.29, 1.82) is 0 Å². The second-order valence-electron chi connectivity index (χ2n) is 11.4. The largest absolute Gasteiger partial charge is 0.466 e. The number of halogens is 7. The van der Waals surface area contributed by atoms with Gasteiger partial charge in [0.15, 0.2) is 5.82 Å². The van der Waals surface area contributed by atoms with E-state index in [-0.39, 0.29) is 24.5 Å². The highest BCUT2D eigenvalue weighted by molar-refractivity contribution is 9.10. The van der Waals surface area contributed by atoms with Crippen molar-refractivity contribution in [3.8, 4) is 0 Å². The minimum Gasteiger partial charge on any atom is -0.466 e. The van der Waals surface area contributed by atoms with E-state index < -0.39 is 47.3 Å². The van der Waals surface area contributed by atoms with Crippen LogP contribution in [0.15, 0.2) is 29.0 Å². The monoisotopic (exact) mass is 708 g/mol. The lowest BCUT2D eigenvalue weighted by atomic mass is 9.80. The number of hydrogen-bond donors (Lipinski definition) is 0. The van der Waals surface area contributed by atoms with E-state index in [0.29, 0.717) is 60.3 Å². The molecule has 1 amide bonds. The SMILES string of the molecule is CCOC(=O)C[C@H]1CC[C@H](CN(CC)c2ncc(Br)nc2CN2C(=O)OC(c3cc(C(F)(F)F)cc(C(F)(F)F)c3)[C@@H]2C)CC1. The number of alkyl halides is 6. The van der Waals surface area contributed by atoms with Gasteiger partial charge in [0.25, 0.3) is 0 Å². The maximum atomic E-state index is 13.5. The second kappa shape index (κ2) is 14.1. The zero-order chi connectivity index (χ0) is 33.1. The molecule has 2 atom stereocenters. The minimum absolute atomic E-state index is 0.0399. The Bertz CT molecular complexity index is 1330. The number of benzene rings is 1. The van der Waals surface area contributed by atoms with E-state index in [0.717, 1.165) is 25.7 Å². The van der Waals surface area contributed by atoms with Gasteiger partial charge in [0.2, 0.25) is 0 Å². The number of carbonyl (C=O) groups excluding carboxylic acids is 2. The summed E-state index contributed by atoms with van der Waals surface area (Å²) in [5.41, 5.74) is -2.98. The van der Waals surface area contributed by atoms with E-state index in [1.165, 1.54) is 18.0 Å². The summed E-state index contributed by atoms with van der Waals surface area (Å²) in [6.45, 7) is 6.68. The van der Waals surface area contributed by atoms with Crippen molar-refractivity contribution in [2.75, 3.05) is 24.6 Å². The van der Waals surface area contributed by atoms with E-state index in [1.807, 2.05) is 11.8 Å². The van der Waals surface area contributed by atoms with Crippen LogP contribution in [0, 0.1) is 11.8 Å². The molecule has 2 aromatic rings. The highest BCUT2D eigenvalue weighted by atomic mass is 79.9. The molecule has 2 fully saturated rings. The number of nitrogens with zero attached hydrogens (tertiary/aromatic N) is 4. The summed E-state index contributed by atoms with van der Waals surface area (Å²) < 4.78 is 91.8. The number of amides is 1. The van der Waals surface area contributed by atoms with Crippen LogP contribution in [-0.4, -0.2) is 52.7 Å². The topological polar surface area (TPSA) is 84.9 Å². The lowest BCUT2D eigenvalue weighted by molar-refractivity contribution is -0.145. The van der Waals surface area contributed by atoms with Gasteiger partial charge < -0.3 is 14.4 Å². The lowest BCUT2D eigenvalue weighted by Crippen LogP contribution is -2.36. The Hall–Kier alpha value is -3.10. The number of esters is 1. The first-order valence-corrected chi connectivity index (χ1v) is 15.6. The molecule has 0 spiro atoms. The van der Waals surface area contributed by atoms with Gasteiger partial charge in [-0.1, -0.05) is 0 Å². The van der Waals surface area contributed by atoms with Crippen LogP contribution >= 0.6 is 15.9 Å². The molecule has 1 aromatic carbocycles. The van der Waals surface area contributed by atoms with E-state index in [4.69, 9.17) is 9.47 Å². The van der Waals surface area contributed by atoms with Crippen LogP contribution in [0.4, 0.5) is 37.0 Å². The third kappa shape index (κ3) is 8.59. The fourth-order valence-corrected chi connectivity index (χ4v) is 6.30. The number of carbonyl (C=O) groups is 2. The van der Waals surface area contributed by atoms with Crippen molar-refractivity contribution in [3.05, 3.63) is 51.4 Å². The highest BCUT2D eigenvalue weighted by Gasteiger charge is 2.44. The number of cyclic esters (lactones) is 1. The Morgan fingerprint density at radius 2 is 1.64 bits per heavy atom. The first-order chi connectivity index (χ1) is 21.1. The summed E-state index contributed by atoms with van der Waals surface area (Å²) in [6.07, 6.45) is -6.81. The molecule has 1 saturated heterocycles. The standard InChI is InChI=1S/C30H35BrF6N4O4/c1-4-40(15-19-8-6-18(7-9-19)10-25(42)44-5-2)27-23(39-24(31)14-38-27)16-41-17(3)26(45-28(41)43)20-11-21(29(32,33)34)13-22(12-20)30(35,36)37/h11-14,17-19,26H,4-10,15-16H2,1-3H3/t17-,18-,19-,26?/m0/s1. The Kier molecular flexibility index (Phi) is 10.9. The molecule has 1 aliphatic heterocycles. The lowest BCUT2D eigenvalue weighted by Gasteiger charge is -2.33. The fourth-order valence-electron chi connectivity index (χ4n) is 5.98. The van der Waals surface area contributed by atoms with E-state index in [9.17, 15) is 35.9 Å². The number of anilines is 1. The van der Waals surface area contributed by atoms with Crippen LogP contribution in [0.1, 0.15) is 81.4 Å². The highest BCUT2D eigenvalue weighted by Crippen LogP contribution is 2.41. The Morgan fingerprint density at radius 1 is 1.04 bits per heavy atom. The van der Waals surface area contributed by atoms with Crippen LogP contribution in [0.25, 0.3) is 0 Å². The molecule has 1 aliphatic carbocycles. The first kappa shape index (κ1) is 34.8. The van der Waals surface area contributed by atoms with Crippen molar-refractivity contribution in [2.45, 2.75) is 83.9 Å². The van der Waals surface area contributed by atoms with Gasteiger partial charge in [0, 0.05) is 19.5 Å². The average Bonchev–Trinajstić information content (AvgIpc) is 3.24. The maximum absolute atomic E-state index is 13.5. The molecule has 1 saturated carbocycles. The molecule has 0 N–H and O–H groups in total. The van der Waals surface area contributed by atoms with E-state index in [1.54, 1.807) is 6.92 Å². The molecule has 1 unspecified atom stereocenters. The summed E-state index contributed by atoms with van der Waals surface area (Å²) in [7, 11) is 0. The van der Waals surface area contributed by atoms with Crippen molar-refractivity contribution < 1.29 is 45.4 Å². The minimum atomic E-state index is -5.04. The van der Waals surface area contributed by atoms with Gasteiger partial charge in [-0.05, 0) is 98.0 Å². The van der Waals surface area contributed by atoms with Gasteiger partial charge in [0.1, 0.15) is 16.4 Å². The van der Waals surface area contributed by atoms with Crippen molar-refractivity contribution in [3.63, 3.8) is 0 Å². The van der Waals surface area contributed by atoms with Crippen LogP contribution in [0.5, 0.6) is 0 Å². The first-order valence-electron chi connectivity index (χ1n) is 14.8. The molecular formula is C30H35BrF6N4O4. The van der Waals surface area contributed by atoms with Gasteiger partial charge in [-0.2, -0.15) is 26.3 Å². The van der Waals surface area contributed by atoms with Crippen molar-refractivity contribution in [1.82, 2.24) is 14.9 Å². The third-order valence-electron chi connectivity index (χ3n) is 8.33. The smallest absolute Gasteiger partial charge is 0.416 e. The molecule has 1 aromatic heterocycles. The fraction of sp³-hybridized carbons (Fsp3) is 0.600. The Labute approximate surface area is 265 Å². The molecule has 4 rings (SSSR count). The van der Waals surface area contributed by atoms with Gasteiger partial charge in [-0.25, -0.2) is 14.8 Å². The number of rotatable bonds is 10. The second-order valence-corrected chi connectivity index (χ2v) is 12.2. The molecule has 15 heteroatoms. The summed E-state index contributed by atoms with van der Waals surface area (Å²) in [5.74, 6) is 0.927. The maximum Gasteiger partial charge on any atom is 0.416 e. The normalized spacial score (nSPS) is 22.4. The van der Waals surface area contributed by atoms with E-state index >= 15 is 0 Å². The molecule has 8 nitrogen and oxygen atoms in total. The van der Waals surface area contributed by atoms with Gasteiger partial charge >= 0.3 is 24.4 Å². The van der Waals surface area contributed by atoms with Gasteiger partial charge in [0.05, 0.1) is 36.5 Å². The number of hydrogen-bond acceptors (Lipinski definition) is 7. The van der Waals surface area contributed by atoms with Gasteiger partial charge in [-0.15, -0.1) is 0 Å². The average molecular weight is 710 g/mol. The van der Waals surface area contributed by atoms with Crippen molar-refractivity contribution >= 4 is 33.8 Å². The summed E-state index contributed by atoms with van der Waals surface area (Å²) in [5, 5.41) is 0. The number of aromatic nitrogens is 2. The summed E-state index contributed by atoms with van der Waals surface area (Å²) in [4.78, 5) is 37.2. The molecule has 0 radical (unpaired) electrons. The predicted octanol–water partition coefficient (Wildman–Crippen LogP) is 7.94. The molecule has 2 aliphatic rings. The zero-order valence-electron chi connectivity index (χ0n) is 25.1. The van der Waals surface area contributed by atoms with Crippen molar-refractivity contribution in [2.24, 2.45) is 11.8 Å². The summed E-state index contributed by atoms with van der Waals surface area (Å²) in [6, 6.07) is 0.286. The van der Waals surface area contributed by atoms with E-state index in [2.05, 4.69) is 25.9 Å². The van der Waals surface area contributed by atoms with Crippen LogP contribution in [0.2, 0.25) is 0 Å². The Balaban J connectivity index is 1.52. The molecule has 2 heterocycles. The molecule has 0 bridgehead atoms. The number of ether oxygens (including phenoxy) is 2. The molecular weight excluding hydrogens is 674 g/mol. The summed E-state index contributed by atoms with van der Waals surface area (Å²) >= 11 is 3.31. The van der Waals surface area contributed by atoms with Gasteiger partial charge in [-0.3, -0.25) is 9.69 Å². The molecule has 45 heavy (non-hydrogen) atoms. The van der Waals surface area contributed by atoms with Crippen LogP contribution in [0.3, 0.4) is 0 Å². The predicted molar refractivity (Wildman–Crippen MR) is 155 cm³/mol. The molecule has 248 valence electrons. The Morgan fingerprint density at radius 3 is 2.20 bits per heavy atom. The van der Waals surface area contributed by atoms with Crippen LogP contribution < -0.4 is 4.90 Å². The third-order valence-corrected chi connectivity index (χ3v) is 8.71.